The van der Waals surface area contributed by atoms with Crippen LogP contribution in [0.15, 0.2) is 18.2 Å². The average molecular weight is 364 g/mol. The summed E-state index contributed by atoms with van der Waals surface area (Å²) < 4.78 is 13.7. The second-order valence-corrected chi connectivity index (χ2v) is 6.54. The van der Waals surface area contributed by atoms with Crippen molar-refractivity contribution in [3.8, 4) is 0 Å². The van der Waals surface area contributed by atoms with Gasteiger partial charge in [0.05, 0.1) is 5.02 Å². The first-order valence-corrected chi connectivity index (χ1v) is 7.93. The van der Waals surface area contributed by atoms with E-state index in [1.165, 1.54) is 6.07 Å². The maximum absolute atomic E-state index is 13.7. The summed E-state index contributed by atoms with van der Waals surface area (Å²) in [5.41, 5.74) is 6.52. The van der Waals surface area contributed by atoms with Crippen molar-refractivity contribution < 1.29 is 9.18 Å². The van der Waals surface area contributed by atoms with Gasteiger partial charge in [-0.25, -0.2) is 4.39 Å². The molecule has 3 N–H and O–H groups in total. The predicted octanol–water partition coefficient (Wildman–Crippen LogP) is 2.75. The quantitative estimate of drug-likeness (QED) is 0.845. The molecule has 3 atom stereocenters. The van der Waals surface area contributed by atoms with Crippen molar-refractivity contribution in [2.75, 3.05) is 20.1 Å². The van der Waals surface area contributed by atoms with Gasteiger partial charge >= 0.3 is 0 Å². The van der Waals surface area contributed by atoms with Crippen LogP contribution in [-0.2, 0) is 4.79 Å². The van der Waals surface area contributed by atoms with Crippen LogP contribution in [0.2, 0.25) is 5.02 Å². The van der Waals surface area contributed by atoms with E-state index in [1.807, 2.05) is 20.0 Å². The van der Waals surface area contributed by atoms with Crippen molar-refractivity contribution in [1.29, 1.82) is 0 Å². The molecule has 1 aliphatic rings. The summed E-state index contributed by atoms with van der Waals surface area (Å²) in [7, 11) is 2.01. The maximum atomic E-state index is 13.7. The van der Waals surface area contributed by atoms with Gasteiger partial charge in [-0.3, -0.25) is 9.69 Å². The van der Waals surface area contributed by atoms with Gasteiger partial charge in [0, 0.05) is 25.0 Å². The van der Waals surface area contributed by atoms with Crippen molar-refractivity contribution in [2.24, 2.45) is 11.7 Å². The largest absolute Gasteiger partial charge is 0.356 e. The SMILES string of the molecule is CC(N)CC(=O)NCC1CCN(C)C1c1ccc(Cl)c(F)c1.Cl. The van der Waals surface area contributed by atoms with Crippen LogP contribution in [0.5, 0.6) is 0 Å². The second-order valence-electron chi connectivity index (χ2n) is 6.13. The number of hydrogen-bond acceptors (Lipinski definition) is 3. The number of amides is 1. The van der Waals surface area contributed by atoms with Crippen LogP contribution in [0.1, 0.15) is 31.4 Å². The Bertz CT molecular complexity index is 542. The number of halogens is 3. The van der Waals surface area contributed by atoms with Gasteiger partial charge in [-0.2, -0.15) is 0 Å². The van der Waals surface area contributed by atoms with Crippen LogP contribution in [0.4, 0.5) is 4.39 Å². The van der Waals surface area contributed by atoms with E-state index in [1.54, 1.807) is 6.07 Å². The first-order valence-electron chi connectivity index (χ1n) is 7.56. The Balaban J connectivity index is 0.00000264. The van der Waals surface area contributed by atoms with Crippen molar-refractivity contribution in [3.63, 3.8) is 0 Å². The van der Waals surface area contributed by atoms with E-state index in [0.29, 0.717) is 13.0 Å². The van der Waals surface area contributed by atoms with Gasteiger partial charge in [-0.05, 0) is 50.6 Å². The normalized spacial score (nSPS) is 22.5. The number of benzene rings is 1. The molecule has 130 valence electrons. The van der Waals surface area contributed by atoms with Gasteiger partial charge in [0.1, 0.15) is 5.82 Å². The van der Waals surface area contributed by atoms with Crippen LogP contribution >= 0.6 is 24.0 Å². The van der Waals surface area contributed by atoms with Crippen molar-refractivity contribution in [2.45, 2.75) is 31.8 Å². The smallest absolute Gasteiger partial charge is 0.221 e. The third kappa shape index (κ3) is 5.31. The highest BCUT2D eigenvalue weighted by molar-refractivity contribution is 6.30. The molecule has 0 aromatic heterocycles. The molecule has 0 spiro atoms. The van der Waals surface area contributed by atoms with E-state index < -0.39 is 5.82 Å². The Hall–Kier alpha value is -0.880. The van der Waals surface area contributed by atoms with Crippen LogP contribution in [0.25, 0.3) is 0 Å². The first kappa shape index (κ1) is 20.2. The van der Waals surface area contributed by atoms with Crippen molar-refractivity contribution in [3.05, 3.63) is 34.6 Å². The Kier molecular flexibility index (Phi) is 7.74. The highest BCUT2D eigenvalue weighted by Gasteiger charge is 2.33. The molecule has 1 fully saturated rings. The third-order valence-electron chi connectivity index (χ3n) is 4.13. The molecule has 1 heterocycles. The lowest BCUT2D eigenvalue weighted by molar-refractivity contribution is -0.121. The summed E-state index contributed by atoms with van der Waals surface area (Å²) in [6, 6.07) is 4.87. The highest BCUT2D eigenvalue weighted by Crippen LogP contribution is 2.36. The number of carbonyl (C=O) groups excluding carboxylic acids is 1. The van der Waals surface area contributed by atoms with Gasteiger partial charge in [-0.1, -0.05) is 17.7 Å². The molecular formula is C16H24Cl2FN3O. The topological polar surface area (TPSA) is 58.4 Å². The fourth-order valence-electron chi connectivity index (χ4n) is 3.07. The molecule has 0 radical (unpaired) electrons. The second kappa shape index (κ2) is 8.83. The third-order valence-corrected chi connectivity index (χ3v) is 4.43. The van der Waals surface area contributed by atoms with E-state index in [2.05, 4.69) is 10.2 Å². The Morgan fingerprint density at radius 3 is 2.87 bits per heavy atom. The van der Waals surface area contributed by atoms with Crippen LogP contribution in [-0.4, -0.2) is 37.0 Å². The maximum Gasteiger partial charge on any atom is 0.221 e. The molecule has 7 heteroatoms. The Morgan fingerprint density at radius 1 is 1.57 bits per heavy atom. The lowest BCUT2D eigenvalue weighted by atomic mass is 9.93. The molecule has 0 aliphatic carbocycles. The Labute approximate surface area is 148 Å². The summed E-state index contributed by atoms with van der Waals surface area (Å²) >= 11 is 5.75. The number of nitrogens with one attached hydrogen (secondary N) is 1. The number of likely N-dealkylation sites (tertiary alicyclic amines) is 1. The summed E-state index contributed by atoms with van der Waals surface area (Å²) in [5.74, 6) is -0.188. The molecule has 0 saturated carbocycles. The number of carbonyl (C=O) groups is 1. The van der Waals surface area contributed by atoms with Gasteiger partial charge in [0.2, 0.25) is 5.91 Å². The van der Waals surface area contributed by atoms with Gasteiger partial charge < -0.3 is 11.1 Å². The zero-order valence-corrected chi connectivity index (χ0v) is 15.0. The number of nitrogens with two attached hydrogens (primary N) is 1. The highest BCUT2D eigenvalue weighted by atomic mass is 35.5. The Morgan fingerprint density at radius 2 is 2.26 bits per heavy atom. The van der Waals surface area contributed by atoms with Crippen molar-refractivity contribution >= 4 is 29.9 Å². The fourth-order valence-corrected chi connectivity index (χ4v) is 3.19. The molecule has 1 amide bonds. The molecule has 23 heavy (non-hydrogen) atoms. The molecule has 1 aromatic rings. The predicted molar refractivity (Wildman–Crippen MR) is 93.4 cm³/mol. The van der Waals surface area contributed by atoms with E-state index in [0.717, 1.165) is 18.5 Å². The first-order chi connectivity index (χ1) is 10.4. The molecule has 1 aliphatic heterocycles. The minimum atomic E-state index is -0.404. The minimum Gasteiger partial charge on any atom is -0.356 e. The minimum absolute atomic E-state index is 0. The van der Waals surface area contributed by atoms with Crippen molar-refractivity contribution in [1.82, 2.24) is 10.2 Å². The van der Waals surface area contributed by atoms with Crippen LogP contribution in [0, 0.1) is 11.7 Å². The summed E-state index contributed by atoms with van der Waals surface area (Å²) in [6.07, 6.45) is 1.28. The standard InChI is InChI=1S/C16H23ClFN3O.ClH/c1-10(19)7-15(22)20-9-12-5-6-21(2)16(12)11-3-4-13(17)14(18)8-11;/h3-4,8,10,12,16H,5-7,9,19H2,1-2H3,(H,20,22);1H. The molecule has 1 aromatic carbocycles. The van der Waals surface area contributed by atoms with E-state index in [4.69, 9.17) is 17.3 Å². The summed E-state index contributed by atoms with van der Waals surface area (Å²) in [5, 5.41) is 3.07. The molecule has 2 rings (SSSR count). The van der Waals surface area contributed by atoms with Gasteiger partial charge in [0.15, 0.2) is 0 Å². The lowest BCUT2D eigenvalue weighted by Crippen LogP contribution is -2.35. The molecule has 3 unspecified atom stereocenters. The molecule has 4 nitrogen and oxygen atoms in total. The lowest BCUT2D eigenvalue weighted by Gasteiger charge is -2.26. The van der Waals surface area contributed by atoms with Crippen LogP contribution in [0.3, 0.4) is 0 Å². The zero-order chi connectivity index (χ0) is 16.3. The molecular weight excluding hydrogens is 340 g/mol. The monoisotopic (exact) mass is 363 g/mol. The zero-order valence-electron chi connectivity index (χ0n) is 13.4. The fraction of sp³-hybridized carbons (Fsp3) is 0.562. The molecule has 1 saturated heterocycles. The number of hydrogen-bond donors (Lipinski definition) is 2. The summed E-state index contributed by atoms with van der Waals surface area (Å²) in [6.45, 7) is 3.30. The average Bonchev–Trinajstić information content (AvgIpc) is 2.80. The molecule has 0 bridgehead atoms. The number of rotatable bonds is 5. The number of nitrogens with zero attached hydrogens (tertiary/aromatic N) is 1. The van der Waals surface area contributed by atoms with Crippen LogP contribution < -0.4 is 11.1 Å². The van der Waals surface area contributed by atoms with E-state index >= 15 is 0 Å². The van der Waals surface area contributed by atoms with E-state index in [-0.39, 0.29) is 41.3 Å². The van der Waals surface area contributed by atoms with E-state index in [9.17, 15) is 9.18 Å². The van der Waals surface area contributed by atoms with Gasteiger partial charge in [-0.15, -0.1) is 12.4 Å². The van der Waals surface area contributed by atoms with Gasteiger partial charge in [0.25, 0.3) is 0 Å². The summed E-state index contributed by atoms with van der Waals surface area (Å²) in [4.78, 5) is 13.9.